The summed E-state index contributed by atoms with van der Waals surface area (Å²) in [6.45, 7) is -0.303. The average Bonchev–Trinajstić information content (AvgIpc) is 3.70. The zero-order valence-electron chi connectivity index (χ0n) is 27.4. The molecule has 11 nitrogen and oxygen atoms in total. The highest BCUT2D eigenvalue weighted by molar-refractivity contribution is 6.42. The van der Waals surface area contributed by atoms with Gasteiger partial charge in [-0.15, -0.1) is 0 Å². The molecule has 51 heavy (non-hydrogen) atoms. The second kappa shape index (κ2) is 16.3. The van der Waals surface area contributed by atoms with Crippen LogP contribution in [-0.4, -0.2) is 83.7 Å². The highest BCUT2D eigenvalue weighted by atomic mass is 35.5. The van der Waals surface area contributed by atoms with E-state index in [1.165, 1.54) is 11.0 Å². The highest BCUT2D eigenvalue weighted by Gasteiger charge is 2.35. The number of hydrogen-bond donors (Lipinski definition) is 2. The number of carbonyl (C=O) groups is 4. The molecule has 6 rings (SSSR count). The number of carbonyl (C=O) groups excluding carboxylic acids is 4. The highest BCUT2D eigenvalue weighted by Crippen LogP contribution is 2.33. The number of imide groups is 1. The molecule has 4 aromatic carbocycles. The number of amides is 4. The molecule has 264 valence electrons. The van der Waals surface area contributed by atoms with Gasteiger partial charge in [0.15, 0.2) is 18.1 Å². The first-order valence-corrected chi connectivity index (χ1v) is 17.1. The number of halogens is 2. The van der Waals surface area contributed by atoms with Crippen molar-refractivity contribution >= 4 is 46.8 Å². The Hall–Kier alpha value is -5.10. The average molecular weight is 733 g/mol. The minimum Gasteiger partial charge on any atom is -0.484 e. The van der Waals surface area contributed by atoms with Gasteiger partial charge in [-0.25, -0.2) is 0 Å². The van der Waals surface area contributed by atoms with Crippen LogP contribution in [0.2, 0.25) is 10.0 Å². The van der Waals surface area contributed by atoms with E-state index in [9.17, 15) is 24.3 Å². The van der Waals surface area contributed by atoms with Crippen molar-refractivity contribution in [1.29, 1.82) is 0 Å². The normalized spacial score (nSPS) is 14.2. The lowest BCUT2D eigenvalue weighted by Gasteiger charge is -2.31. The van der Waals surface area contributed by atoms with Crippen LogP contribution in [0, 0.1) is 0 Å². The Labute approximate surface area is 304 Å². The molecule has 2 aliphatic heterocycles. The summed E-state index contributed by atoms with van der Waals surface area (Å²) >= 11 is 12.1. The largest absolute Gasteiger partial charge is 0.484 e. The van der Waals surface area contributed by atoms with Gasteiger partial charge in [0.2, 0.25) is 12.7 Å². The zero-order valence-corrected chi connectivity index (χ0v) is 28.9. The fraction of sp³-hybridized carbons (Fsp3) is 0.263. The zero-order chi connectivity index (χ0) is 35.9. The molecule has 0 bridgehead atoms. The van der Waals surface area contributed by atoms with Gasteiger partial charge in [-0.05, 0) is 60.4 Å². The van der Waals surface area contributed by atoms with Crippen molar-refractivity contribution in [3.63, 3.8) is 0 Å². The first-order chi connectivity index (χ1) is 24.7. The predicted octanol–water partition coefficient (Wildman–Crippen LogP) is 4.95. The number of rotatable bonds is 15. The molecule has 0 saturated carbocycles. The first kappa shape index (κ1) is 35.7. The second-order valence-electron chi connectivity index (χ2n) is 12.1. The standard InChI is InChI=1S/C38H35Cl2N3O8/c39-29-12-11-26(20-30(29)40)49-22-35(45)41-31(18-24-6-2-1-3-7-24)32(44)21-42(16-14-25-10-13-33-34(19-25)51-23-50-33)36(46)15-17-43-37(47)27-8-4-5-9-28(27)38(43)48/h1-13,19-20,31-32,44H,14-18,21-23H2,(H,41,45)/t31-,32-/m0/s1. The van der Waals surface area contributed by atoms with E-state index >= 15 is 0 Å². The molecule has 0 saturated heterocycles. The van der Waals surface area contributed by atoms with Crippen molar-refractivity contribution in [2.24, 2.45) is 0 Å². The van der Waals surface area contributed by atoms with Gasteiger partial charge in [-0.3, -0.25) is 24.1 Å². The van der Waals surface area contributed by atoms with Gasteiger partial charge < -0.3 is 29.5 Å². The van der Waals surface area contributed by atoms with Gasteiger partial charge in [0, 0.05) is 32.1 Å². The first-order valence-electron chi connectivity index (χ1n) is 16.4. The maximum Gasteiger partial charge on any atom is 0.261 e. The SMILES string of the molecule is O=C(COc1ccc(Cl)c(Cl)c1)N[C@@H](Cc1ccccc1)[C@@H](O)CN(CCc1ccc2c(c1)OCO2)C(=O)CCN1C(=O)c2ccccc2C1=O. The summed E-state index contributed by atoms with van der Waals surface area (Å²) < 4.78 is 16.5. The molecule has 13 heteroatoms. The van der Waals surface area contributed by atoms with Crippen LogP contribution in [0.5, 0.6) is 17.2 Å². The number of aliphatic hydroxyl groups excluding tert-OH is 1. The Morgan fingerprint density at radius 1 is 0.863 bits per heavy atom. The quantitative estimate of drug-likeness (QED) is 0.164. The lowest BCUT2D eigenvalue weighted by Crippen LogP contribution is -2.52. The summed E-state index contributed by atoms with van der Waals surface area (Å²) in [5, 5.41) is 15.2. The topological polar surface area (TPSA) is 135 Å². The van der Waals surface area contributed by atoms with E-state index in [1.54, 1.807) is 42.5 Å². The molecule has 0 fully saturated rings. The summed E-state index contributed by atoms with van der Waals surface area (Å²) in [6, 6.07) is 25.2. The Morgan fingerprint density at radius 2 is 1.57 bits per heavy atom. The Bertz CT molecular complexity index is 1890. The second-order valence-corrected chi connectivity index (χ2v) is 12.9. The van der Waals surface area contributed by atoms with Crippen molar-refractivity contribution in [2.75, 3.05) is 33.0 Å². The summed E-state index contributed by atoms with van der Waals surface area (Å²) in [7, 11) is 0. The molecule has 2 N–H and O–H groups in total. The van der Waals surface area contributed by atoms with Crippen molar-refractivity contribution in [3.05, 3.63) is 123 Å². The molecule has 2 heterocycles. The maximum atomic E-state index is 13.8. The van der Waals surface area contributed by atoms with Crippen molar-refractivity contribution in [2.45, 2.75) is 31.4 Å². The van der Waals surface area contributed by atoms with Gasteiger partial charge in [-0.2, -0.15) is 0 Å². The van der Waals surface area contributed by atoms with Crippen molar-refractivity contribution in [1.82, 2.24) is 15.1 Å². The molecule has 0 aliphatic carbocycles. The maximum absolute atomic E-state index is 13.8. The van der Waals surface area contributed by atoms with E-state index < -0.39 is 29.9 Å². The summed E-state index contributed by atoms with van der Waals surface area (Å²) in [6.07, 6.45) is -0.694. The van der Waals surface area contributed by atoms with E-state index in [2.05, 4.69) is 5.32 Å². The minimum atomic E-state index is -1.21. The molecule has 0 unspecified atom stereocenters. The smallest absolute Gasteiger partial charge is 0.261 e. The minimum absolute atomic E-state index is 0.125. The molecule has 2 aliphatic rings. The molecule has 4 aromatic rings. The Morgan fingerprint density at radius 3 is 2.29 bits per heavy atom. The van der Waals surface area contributed by atoms with E-state index in [1.807, 2.05) is 42.5 Å². The van der Waals surface area contributed by atoms with E-state index in [0.29, 0.717) is 39.8 Å². The molecular weight excluding hydrogens is 697 g/mol. The van der Waals surface area contributed by atoms with Crippen LogP contribution < -0.4 is 19.5 Å². The lowest BCUT2D eigenvalue weighted by molar-refractivity contribution is -0.133. The van der Waals surface area contributed by atoms with Crippen LogP contribution in [0.3, 0.4) is 0 Å². The fourth-order valence-electron chi connectivity index (χ4n) is 5.95. The van der Waals surface area contributed by atoms with Crippen LogP contribution in [-0.2, 0) is 22.4 Å². The van der Waals surface area contributed by atoms with Crippen LogP contribution in [0.25, 0.3) is 0 Å². The summed E-state index contributed by atoms with van der Waals surface area (Å²) in [5.41, 5.74) is 2.33. The summed E-state index contributed by atoms with van der Waals surface area (Å²) in [5.74, 6) is -0.203. The number of aliphatic hydroxyl groups is 1. The monoisotopic (exact) mass is 731 g/mol. The number of nitrogens with zero attached hydrogens (tertiary/aromatic N) is 2. The summed E-state index contributed by atoms with van der Waals surface area (Å²) in [4.78, 5) is 55.5. The van der Waals surface area contributed by atoms with Crippen LogP contribution in [0.4, 0.5) is 0 Å². The molecular formula is C38H35Cl2N3O8. The van der Waals surface area contributed by atoms with Gasteiger partial charge in [0.1, 0.15) is 5.75 Å². The Balaban J connectivity index is 1.16. The number of benzene rings is 4. The third-order valence-electron chi connectivity index (χ3n) is 8.67. The van der Waals surface area contributed by atoms with Gasteiger partial charge in [-0.1, -0.05) is 71.7 Å². The van der Waals surface area contributed by atoms with E-state index in [0.717, 1.165) is 16.0 Å². The van der Waals surface area contributed by atoms with Crippen molar-refractivity contribution in [3.8, 4) is 17.2 Å². The van der Waals surface area contributed by atoms with Crippen LogP contribution in [0.15, 0.2) is 91.0 Å². The number of ether oxygens (including phenoxy) is 3. The molecule has 0 spiro atoms. The van der Waals surface area contributed by atoms with Crippen LogP contribution in [0.1, 0.15) is 38.3 Å². The molecule has 0 aromatic heterocycles. The Kier molecular flexibility index (Phi) is 11.4. The third kappa shape index (κ3) is 8.80. The van der Waals surface area contributed by atoms with Gasteiger partial charge >= 0.3 is 0 Å². The van der Waals surface area contributed by atoms with Crippen molar-refractivity contribution < 1.29 is 38.5 Å². The number of fused-ring (bicyclic) bond motifs is 2. The lowest BCUT2D eigenvalue weighted by atomic mass is 10.00. The predicted molar refractivity (Wildman–Crippen MR) is 189 cm³/mol. The molecule has 2 atom stereocenters. The van der Waals surface area contributed by atoms with Gasteiger partial charge in [0.25, 0.3) is 17.7 Å². The van der Waals surface area contributed by atoms with E-state index in [4.69, 9.17) is 37.4 Å². The molecule has 4 amide bonds. The number of hydrogen-bond acceptors (Lipinski definition) is 8. The van der Waals surface area contributed by atoms with E-state index in [-0.39, 0.29) is 56.8 Å². The molecule has 0 radical (unpaired) electrons. The third-order valence-corrected chi connectivity index (χ3v) is 9.40. The number of nitrogens with one attached hydrogen (secondary N) is 1. The van der Waals surface area contributed by atoms with Gasteiger partial charge in [0.05, 0.1) is 33.3 Å². The fourth-order valence-corrected chi connectivity index (χ4v) is 6.24. The van der Waals surface area contributed by atoms with Crippen LogP contribution >= 0.6 is 23.2 Å².